The van der Waals surface area contributed by atoms with Crippen LogP contribution in [0.2, 0.25) is 0 Å². The molecule has 1 aromatic carbocycles. The highest BCUT2D eigenvalue weighted by Gasteiger charge is 2.29. The molecule has 0 fully saturated rings. The average molecular weight is 220 g/mol. The first-order valence-electron chi connectivity index (χ1n) is 5.59. The van der Waals surface area contributed by atoms with Crippen LogP contribution in [0.15, 0.2) is 18.2 Å². The van der Waals surface area contributed by atoms with Crippen molar-refractivity contribution in [2.75, 3.05) is 6.61 Å². The molecule has 1 aromatic rings. The first-order chi connectivity index (χ1) is 7.61. The summed E-state index contributed by atoms with van der Waals surface area (Å²) in [4.78, 5) is 11.1. The van der Waals surface area contributed by atoms with Crippen molar-refractivity contribution in [3.8, 4) is 5.75 Å². The molecule has 2 rings (SSSR count). The van der Waals surface area contributed by atoms with Gasteiger partial charge in [-0.2, -0.15) is 0 Å². The Morgan fingerprint density at radius 1 is 1.50 bits per heavy atom. The normalized spacial score (nSPS) is 19.1. The Bertz CT molecular complexity index is 410. The van der Waals surface area contributed by atoms with Crippen LogP contribution in [0.5, 0.6) is 5.75 Å². The number of benzene rings is 1. The lowest BCUT2D eigenvalue weighted by atomic mass is 9.89. The fraction of sp³-hybridized carbons (Fsp3) is 0.462. The lowest BCUT2D eigenvalue weighted by Crippen LogP contribution is -2.21. The molecule has 1 aliphatic heterocycles. The molecule has 0 bridgehead atoms. The molecule has 1 atom stereocenters. The summed E-state index contributed by atoms with van der Waals surface area (Å²) >= 11 is 0. The molecule has 86 valence electrons. The van der Waals surface area contributed by atoms with Crippen molar-refractivity contribution < 1.29 is 14.6 Å². The Hall–Kier alpha value is -1.51. The van der Waals surface area contributed by atoms with E-state index in [1.165, 1.54) is 0 Å². The number of aliphatic carboxylic acids is 1. The van der Waals surface area contributed by atoms with E-state index in [0.29, 0.717) is 18.9 Å². The highest BCUT2D eigenvalue weighted by molar-refractivity contribution is 5.78. The van der Waals surface area contributed by atoms with E-state index >= 15 is 0 Å². The summed E-state index contributed by atoms with van der Waals surface area (Å²) in [5, 5.41) is 9.16. The Morgan fingerprint density at radius 3 is 2.88 bits per heavy atom. The van der Waals surface area contributed by atoms with E-state index in [1.807, 2.05) is 18.2 Å². The SMILES string of the molecule is CC(C)c1cccc2c1OCCC2C(=O)O. The zero-order chi connectivity index (χ0) is 11.7. The molecule has 1 N–H and O–H groups in total. The third kappa shape index (κ3) is 1.77. The predicted octanol–water partition coefficient (Wildman–Crippen LogP) is 2.76. The van der Waals surface area contributed by atoms with Crippen LogP contribution in [-0.2, 0) is 4.79 Å². The molecular formula is C13H16O3. The largest absolute Gasteiger partial charge is 0.493 e. The van der Waals surface area contributed by atoms with Gasteiger partial charge in [0.2, 0.25) is 0 Å². The molecule has 0 aliphatic carbocycles. The number of rotatable bonds is 2. The molecule has 0 radical (unpaired) electrons. The van der Waals surface area contributed by atoms with E-state index < -0.39 is 11.9 Å². The van der Waals surface area contributed by atoms with Crippen LogP contribution in [-0.4, -0.2) is 17.7 Å². The standard InChI is InChI=1S/C13H16O3/c1-8(2)9-4-3-5-10-11(13(14)15)6-7-16-12(9)10/h3-5,8,11H,6-7H2,1-2H3,(H,14,15). The second kappa shape index (κ2) is 4.16. The fourth-order valence-electron chi connectivity index (χ4n) is 2.16. The van der Waals surface area contributed by atoms with Crippen molar-refractivity contribution in [2.24, 2.45) is 0 Å². The van der Waals surface area contributed by atoms with E-state index in [1.54, 1.807) is 0 Å². The van der Waals surface area contributed by atoms with Crippen molar-refractivity contribution in [3.63, 3.8) is 0 Å². The molecular weight excluding hydrogens is 204 g/mol. The number of carbonyl (C=O) groups is 1. The summed E-state index contributed by atoms with van der Waals surface area (Å²) in [5.74, 6) is -0.0356. The minimum absolute atomic E-state index is 0.350. The van der Waals surface area contributed by atoms with Crippen LogP contribution in [0.3, 0.4) is 0 Å². The van der Waals surface area contributed by atoms with Gasteiger partial charge in [0.05, 0.1) is 12.5 Å². The first-order valence-corrected chi connectivity index (χ1v) is 5.59. The maximum atomic E-state index is 11.1. The highest BCUT2D eigenvalue weighted by Crippen LogP contribution is 2.39. The topological polar surface area (TPSA) is 46.5 Å². The second-order valence-electron chi connectivity index (χ2n) is 4.45. The molecule has 3 nitrogen and oxygen atoms in total. The average Bonchev–Trinajstić information content (AvgIpc) is 2.27. The van der Waals surface area contributed by atoms with Gasteiger partial charge < -0.3 is 9.84 Å². The molecule has 1 heterocycles. The van der Waals surface area contributed by atoms with Crippen LogP contribution in [0.4, 0.5) is 0 Å². The van der Waals surface area contributed by atoms with E-state index in [-0.39, 0.29) is 0 Å². The van der Waals surface area contributed by atoms with E-state index in [2.05, 4.69) is 13.8 Å². The van der Waals surface area contributed by atoms with Crippen LogP contribution in [0.25, 0.3) is 0 Å². The monoisotopic (exact) mass is 220 g/mol. The Kier molecular flexibility index (Phi) is 2.86. The molecule has 0 amide bonds. The number of carboxylic acid groups (broad SMARTS) is 1. The smallest absolute Gasteiger partial charge is 0.311 e. The van der Waals surface area contributed by atoms with Gasteiger partial charge in [-0.15, -0.1) is 0 Å². The molecule has 3 heteroatoms. The maximum Gasteiger partial charge on any atom is 0.311 e. The predicted molar refractivity (Wildman–Crippen MR) is 61.0 cm³/mol. The van der Waals surface area contributed by atoms with Crippen molar-refractivity contribution in [1.82, 2.24) is 0 Å². The fourth-order valence-corrected chi connectivity index (χ4v) is 2.16. The van der Waals surface area contributed by atoms with Gasteiger partial charge in [-0.25, -0.2) is 0 Å². The zero-order valence-corrected chi connectivity index (χ0v) is 9.56. The van der Waals surface area contributed by atoms with Gasteiger partial charge in [0, 0.05) is 5.56 Å². The summed E-state index contributed by atoms with van der Waals surface area (Å²) in [6, 6.07) is 5.78. The number of ether oxygens (including phenoxy) is 1. The van der Waals surface area contributed by atoms with Gasteiger partial charge >= 0.3 is 5.97 Å². The van der Waals surface area contributed by atoms with Gasteiger partial charge in [0.15, 0.2) is 0 Å². The van der Waals surface area contributed by atoms with Crippen molar-refractivity contribution >= 4 is 5.97 Å². The number of hydrogen-bond acceptors (Lipinski definition) is 2. The summed E-state index contributed by atoms with van der Waals surface area (Å²) in [6.07, 6.45) is 0.559. The summed E-state index contributed by atoms with van der Waals surface area (Å²) in [6.45, 7) is 4.67. The number of fused-ring (bicyclic) bond motifs is 1. The minimum Gasteiger partial charge on any atom is -0.493 e. The molecule has 0 saturated heterocycles. The van der Waals surface area contributed by atoms with Gasteiger partial charge in [-0.05, 0) is 17.9 Å². The van der Waals surface area contributed by atoms with E-state index in [9.17, 15) is 4.79 Å². The summed E-state index contributed by atoms with van der Waals surface area (Å²) < 4.78 is 5.63. The Balaban J connectivity index is 2.50. The summed E-state index contributed by atoms with van der Waals surface area (Å²) in [5.41, 5.74) is 1.92. The Morgan fingerprint density at radius 2 is 2.25 bits per heavy atom. The van der Waals surface area contributed by atoms with Gasteiger partial charge in [-0.1, -0.05) is 32.0 Å². The second-order valence-corrected chi connectivity index (χ2v) is 4.45. The minimum atomic E-state index is -0.759. The molecule has 0 aromatic heterocycles. The number of para-hydroxylation sites is 1. The van der Waals surface area contributed by atoms with Crippen LogP contribution in [0.1, 0.15) is 43.2 Å². The van der Waals surface area contributed by atoms with Crippen molar-refractivity contribution in [2.45, 2.75) is 32.1 Å². The highest BCUT2D eigenvalue weighted by atomic mass is 16.5. The third-order valence-corrected chi connectivity index (χ3v) is 3.02. The zero-order valence-electron chi connectivity index (χ0n) is 9.56. The molecule has 1 unspecified atom stereocenters. The maximum absolute atomic E-state index is 11.1. The Labute approximate surface area is 95.0 Å². The lowest BCUT2D eigenvalue weighted by molar-refractivity contribution is -0.139. The molecule has 0 spiro atoms. The summed E-state index contributed by atoms with van der Waals surface area (Å²) in [7, 11) is 0. The van der Waals surface area contributed by atoms with Gasteiger partial charge in [-0.3, -0.25) is 4.79 Å². The van der Waals surface area contributed by atoms with Crippen LogP contribution < -0.4 is 4.74 Å². The number of hydrogen-bond donors (Lipinski definition) is 1. The van der Waals surface area contributed by atoms with Crippen LogP contribution in [0, 0.1) is 0 Å². The quantitative estimate of drug-likeness (QED) is 0.833. The van der Waals surface area contributed by atoms with Crippen molar-refractivity contribution in [1.29, 1.82) is 0 Å². The van der Waals surface area contributed by atoms with Gasteiger partial charge in [0.1, 0.15) is 5.75 Å². The third-order valence-electron chi connectivity index (χ3n) is 3.02. The first kappa shape index (κ1) is 11.0. The van der Waals surface area contributed by atoms with Crippen molar-refractivity contribution in [3.05, 3.63) is 29.3 Å². The number of carboxylic acids is 1. The van der Waals surface area contributed by atoms with Gasteiger partial charge in [0.25, 0.3) is 0 Å². The van der Waals surface area contributed by atoms with Crippen LogP contribution >= 0.6 is 0 Å². The molecule has 1 aliphatic rings. The van der Waals surface area contributed by atoms with E-state index in [0.717, 1.165) is 16.9 Å². The molecule has 0 saturated carbocycles. The van der Waals surface area contributed by atoms with E-state index in [4.69, 9.17) is 9.84 Å². The molecule has 16 heavy (non-hydrogen) atoms. The lowest BCUT2D eigenvalue weighted by Gasteiger charge is -2.26.